The van der Waals surface area contributed by atoms with E-state index in [-0.39, 0.29) is 25.4 Å². The molecule has 0 saturated carbocycles. The highest BCUT2D eigenvalue weighted by Gasteiger charge is 2.45. The molecule has 2 unspecified atom stereocenters. The van der Waals surface area contributed by atoms with Crippen molar-refractivity contribution in [1.29, 1.82) is 0 Å². The van der Waals surface area contributed by atoms with Gasteiger partial charge in [-0.05, 0) is 30.3 Å². The fraction of sp³-hybridized carbons (Fsp3) is 0.250. The van der Waals surface area contributed by atoms with Crippen molar-refractivity contribution in [3.05, 3.63) is 58.1 Å². The van der Waals surface area contributed by atoms with Crippen LogP contribution in [-0.2, 0) is 9.59 Å². The molecule has 9 heteroatoms. The minimum Gasteiger partial charge on any atom is -0.391 e. The van der Waals surface area contributed by atoms with Crippen molar-refractivity contribution in [1.82, 2.24) is 4.90 Å². The molecule has 2 N–H and O–H groups in total. The molecule has 1 fully saturated rings. The monoisotopic (exact) mass is 433 g/mol. The molecule has 29 heavy (non-hydrogen) atoms. The van der Waals surface area contributed by atoms with E-state index in [2.05, 4.69) is 5.32 Å². The van der Waals surface area contributed by atoms with E-state index in [1.54, 1.807) is 36.4 Å². The van der Waals surface area contributed by atoms with Gasteiger partial charge in [0.1, 0.15) is 12.6 Å². The highest BCUT2D eigenvalue weighted by atomic mass is 35.5. The van der Waals surface area contributed by atoms with E-state index in [4.69, 9.17) is 23.2 Å². The summed E-state index contributed by atoms with van der Waals surface area (Å²) in [6.45, 7) is -0.198. The van der Waals surface area contributed by atoms with E-state index in [0.29, 0.717) is 27.0 Å². The Hall–Kier alpha value is -2.61. The average molecular weight is 434 g/mol. The second-order valence-electron chi connectivity index (χ2n) is 6.98. The van der Waals surface area contributed by atoms with Crippen LogP contribution in [-0.4, -0.2) is 53.0 Å². The number of rotatable bonds is 3. The molecular weight excluding hydrogens is 417 g/mol. The van der Waals surface area contributed by atoms with Crippen LogP contribution in [0, 0.1) is 0 Å². The number of hydrogen-bond donors (Lipinski definition) is 2. The SMILES string of the molecule is O=C(CN1C(=O)C2CC(O)CN2C(=O)c2ccccc21)Nc1ccc(Cl)c(Cl)c1. The summed E-state index contributed by atoms with van der Waals surface area (Å²) in [6.07, 6.45) is -0.631. The summed E-state index contributed by atoms with van der Waals surface area (Å²) in [5.74, 6) is -1.18. The van der Waals surface area contributed by atoms with Gasteiger partial charge in [0.15, 0.2) is 0 Å². The smallest absolute Gasteiger partial charge is 0.256 e. The van der Waals surface area contributed by atoms with E-state index in [0.717, 1.165) is 0 Å². The lowest BCUT2D eigenvalue weighted by atomic mass is 10.1. The maximum atomic E-state index is 13.2. The molecule has 150 valence electrons. The lowest BCUT2D eigenvalue weighted by Crippen LogP contribution is -2.47. The minimum atomic E-state index is -0.803. The molecular formula is C20H17Cl2N3O4. The zero-order chi connectivity index (χ0) is 20.7. The predicted octanol–water partition coefficient (Wildman–Crippen LogP) is 2.55. The molecule has 0 bridgehead atoms. The van der Waals surface area contributed by atoms with Crippen molar-refractivity contribution in [2.24, 2.45) is 0 Å². The average Bonchev–Trinajstić information content (AvgIpc) is 3.07. The Morgan fingerprint density at radius 2 is 1.90 bits per heavy atom. The van der Waals surface area contributed by atoms with Gasteiger partial charge < -0.3 is 20.2 Å². The van der Waals surface area contributed by atoms with Crippen LogP contribution in [0.5, 0.6) is 0 Å². The molecule has 1 saturated heterocycles. The summed E-state index contributed by atoms with van der Waals surface area (Å²) < 4.78 is 0. The van der Waals surface area contributed by atoms with Crippen LogP contribution >= 0.6 is 23.2 Å². The molecule has 7 nitrogen and oxygen atoms in total. The molecule has 3 amide bonds. The van der Waals surface area contributed by atoms with Crippen LogP contribution in [0.2, 0.25) is 10.0 Å². The molecule has 0 radical (unpaired) electrons. The third-order valence-corrected chi connectivity index (χ3v) is 5.76. The quantitative estimate of drug-likeness (QED) is 0.777. The van der Waals surface area contributed by atoms with Crippen molar-refractivity contribution in [2.75, 3.05) is 23.3 Å². The van der Waals surface area contributed by atoms with Gasteiger partial charge >= 0.3 is 0 Å². The molecule has 0 aliphatic carbocycles. The van der Waals surface area contributed by atoms with Gasteiger partial charge in [0.05, 0.1) is 27.4 Å². The number of nitrogens with one attached hydrogen (secondary N) is 1. The number of halogens is 2. The number of anilines is 2. The van der Waals surface area contributed by atoms with Gasteiger partial charge in [-0.25, -0.2) is 0 Å². The van der Waals surface area contributed by atoms with E-state index in [9.17, 15) is 19.5 Å². The first-order valence-electron chi connectivity index (χ1n) is 8.99. The topological polar surface area (TPSA) is 90.0 Å². The lowest BCUT2D eigenvalue weighted by molar-refractivity contribution is -0.124. The zero-order valence-electron chi connectivity index (χ0n) is 15.1. The molecule has 0 aromatic heterocycles. The zero-order valence-corrected chi connectivity index (χ0v) is 16.7. The van der Waals surface area contributed by atoms with Crippen molar-refractivity contribution < 1.29 is 19.5 Å². The van der Waals surface area contributed by atoms with E-state index in [1.807, 2.05) is 0 Å². The van der Waals surface area contributed by atoms with Gasteiger partial charge in [0.2, 0.25) is 11.8 Å². The number of amides is 3. The van der Waals surface area contributed by atoms with Crippen LogP contribution in [0.1, 0.15) is 16.8 Å². The highest BCUT2D eigenvalue weighted by molar-refractivity contribution is 6.42. The van der Waals surface area contributed by atoms with Crippen LogP contribution in [0.25, 0.3) is 0 Å². The minimum absolute atomic E-state index is 0.0902. The van der Waals surface area contributed by atoms with E-state index < -0.39 is 24.0 Å². The maximum Gasteiger partial charge on any atom is 0.256 e. The van der Waals surface area contributed by atoms with Gasteiger partial charge in [-0.1, -0.05) is 35.3 Å². The van der Waals surface area contributed by atoms with Crippen LogP contribution in [0.15, 0.2) is 42.5 Å². The fourth-order valence-electron chi connectivity index (χ4n) is 3.70. The first-order valence-corrected chi connectivity index (χ1v) is 9.75. The molecule has 2 aromatic rings. The van der Waals surface area contributed by atoms with Gasteiger partial charge in [0.25, 0.3) is 5.91 Å². The van der Waals surface area contributed by atoms with E-state index >= 15 is 0 Å². The molecule has 2 atom stereocenters. The normalized spacial score (nSPS) is 20.9. The number of aliphatic hydroxyl groups excluding tert-OH is 1. The lowest BCUT2D eigenvalue weighted by Gasteiger charge is -2.25. The molecule has 2 heterocycles. The number of benzene rings is 2. The second kappa shape index (κ2) is 7.67. The summed E-state index contributed by atoms with van der Waals surface area (Å²) in [7, 11) is 0. The third-order valence-electron chi connectivity index (χ3n) is 5.02. The van der Waals surface area contributed by atoms with Crippen molar-refractivity contribution in [3.63, 3.8) is 0 Å². The maximum absolute atomic E-state index is 13.2. The summed E-state index contributed by atoms with van der Waals surface area (Å²) in [5.41, 5.74) is 1.13. The van der Waals surface area contributed by atoms with Gasteiger partial charge in [-0.3, -0.25) is 14.4 Å². The fourth-order valence-corrected chi connectivity index (χ4v) is 3.99. The Morgan fingerprint density at radius 1 is 1.14 bits per heavy atom. The molecule has 2 aliphatic rings. The Balaban J connectivity index is 1.63. The van der Waals surface area contributed by atoms with E-state index in [1.165, 1.54) is 15.9 Å². The summed E-state index contributed by atoms with van der Waals surface area (Å²) in [4.78, 5) is 41.4. The molecule has 2 aromatic carbocycles. The summed E-state index contributed by atoms with van der Waals surface area (Å²) in [6, 6.07) is 10.5. The first-order chi connectivity index (χ1) is 13.8. The van der Waals surface area contributed by atoms with Gasteiger partial charge in [-0.2, -0.15) is 0 Å². The summed E-state index contributed by atoms with van der Waals surface area (Å²) >= 11 is 11.9. The molecule has 4 rings (SSSR count). The van der Waals surface area contributed by atoms with Gasteiger partial charge in [-0.15, -0.1) is 0 Å². The highest BCUT2D eigenvalue weighted by Crippen LogP contribution is 2.32. The number of para-hydroxylation sites is 1. The number of fused-ring (bicyclic) bond motifs is 2. The molecule has 2 aliphatic heterocycles. The Kier molecular flexibility index (Phi) is 5.21. The van der Waals surface area contributed by atoms with Crippen LogP contribution in [0.3, 0.4) is 0 Å². The third kappa shape index (κ3) is 3.69. The Morgan fingerprint density at radius 3 is 2.66 bits per heavy atom. The van der Waals surface area contributed by atoms with Crippen molar-refractivity contribution in [3.8, 4) is 0 Å². The van der Waals surface area contributed by atoms with Crippen LogP contribution < -0.4 is 10.2 Å². The standard InChI is InChI=1S/C20H17Cl2N3O4/c21-14-6-5-11(7-15(14)22)23-18(27)10-25-16-4-2-1-3-13(16)19(28)24-9-12(26)8-17(24)20(25)29/h1-7,12,17,26H,8-10H2,(H,23,27). The number of carbonyl (C=O) groups excluding carboxylic acids is 3. The number of aliphatic hydroxyl groups is 1. The van der Waals surface area contributed by atoms with Gasteiger partial charge in [0, 0.05) is 18.7 Å². The Bertz CT molecular complexity index is 1010. The molecule has 0 spiro atoms. The Labute approximate surface area is 176 Å². The first kappa shape index (κ1) is 19.7. The number of hydrogen-bond acceptors (Lipinski definition) is 4. The number of carbonyl (C=O) groups is 3. The second-order valence-corrected chi connectivity index (χ2v) is 7.80. The van der Waals surface area contributed by atoms with Crippen molar-refractivity contribution in [2.45, 2.75) is 18.6 Å². The van der Waals surface area contributed by atoms with Crippen LogP contribution in [0.4, 0.5) is 11.4 Å². The largest absolute Gasteiger partial charge is 0.391 e. The van der Waals surface area contributed by atoms with Crippen molar-refractivity contribution >= 4 is 52.3 Å². The summed E-state index contributed by atoms with van der Waals surface area (Å²) in [5, 5.41) is 13.3. The predicted molar refractivity (Wildman–Crippen MR) is 109 cm³/mol. The number of nitrogens with zero attached hydrogens (tertiary/aromatic N) is 2.